The molecule has 9 heteroatoms. The standard InChI is InChI=1S/C88H151NO8/c1-6-8-10-12-14-16-18-20-22-24-26-28-30-32-34-36-38-40-42-43-45-46-48-50-52-54-56-58-60-62-64-66-68-70-72-74-76-78-85(90)95-82-84(83-96-88(87(92)93)94-81-80-89(3,4)5)97-86(91)79-77-75-73-71-69-67-65-63-61-59-57-55-53-51-49-47-44-41-39-37-35-33-31-29-27-25-23-21-19-17-15-13-11-9-7-2/h9,11,15,17,21,23-24,26-27,29,33,35,39,41,47,49,53,55,59,61,65,67,84,88H,6-8,10,12-14,16,18-20,22,25,28,30-32,34,36-38,40,42-46,48,50-52,54,56-58,60,62-64,66,68-83H2,1-5H3/p+1/b11-9-,17-15-,23-21-,26-24-,29-27-,35-33-,41-39-,49-47-,55-53-,61-59-,67-65-. The number of rotatable bonds is 74. The molecule has 2 unspecified atom stereocenters. The van der Waals surface area contributed by atoms with Gasteiger partial charge in [0.2, 0.25) is 0 Å². The summed E-state index contributed by atoms with van der Waals surface area (Å²) < 4.78 is 23.0. The molecule has 0 bridgehead atoms. The first-order chi connectivity index (χ1) is 47.6. The van der Waals surface area contributed by atoms with Crippen LogP contribution in [-0.2, 0) is 33.3 Å². The molecule has 1 N–H and O–H groups in total. The van der Waals surface area contributed by atoms with Crippen LogP contribution in [0.1, 0.15) is 348 Å². The molecule has 9 nitrogen and oxygen atoms in total. The number of aliphatic carboxylic acids is 1. The first kappa shape index (κ1) is 92.4. The van der Waals surface area contributed by atoms with Gasteiger partial charge in [0.1, 0.15) is 13.2 Å². The van der Waals surface area contributed by atoms with Gasteiger partial charge in [-0.2, -0.15) is 0 Å². The number of carbonyl (C=O) groups is 3. The fraction of sp³-hybridized carbons (Fsp3) is 0.716. The third kappa shape index (κ3) is 78.6. The predicted octanol–water partition coefficient (Wildman–Crippen LogP) is 26.0. The van der Waals surface area contributed by atoms with Crippen LogP contribution in [0.3, 0.4) is 0 Å². The number of carboxylic acid groups (broad SMARTS) is 1. The highest BCUT2D eigenvalue weighted by Gasteiger charge is 2.25. The molecule has 2 atom stereocenters. The number of hydrogen-bond donors (Lipinski definition) is 1. The van der Waals surface area contributed by atoms with Gasteiger partial charge >= 0.3 is 17.9 Å². The van der Waals surface area contributed by atoms with Gasteiger partial charge in [-0.05, 0) is 116 Å². The zero-order valence-electron chi connectivity index (χ0n) is 63.7. The van der Waals surface area contributed by atoms with Crippen LogP contribution in [0.4, 0.5) is 0 Å². The van der Waals surface area contributed by atoms with Crippen molar-refractivity contribution in [1.29, 1.82) is 0 Å². The summed E-state index contributed by atoms with van der Waals surface area (Å²) in [5, 5.41) is 9.77. The van der Waals surface area contributed by atoms with E-state index >= 15 is 0 Å². The summed E-state index contributed by atoms with van der Waals surface area (Å²) in [6.07, 6.45) is 109. The van der Waals surface area contributed by atoms with Crippen molar-refractivity contribution in [3.63, 3.8) is 0 Å². The normalized spacial score (nSPS) is 13.4. The van der Waals surface area contributed by atoms with Gasteiger partial charge in [-0.15, -0.1) is 0 Å². The fourth-order valence-electron chi connectivity index (χ4n) is 11.3. The topological polar surface area (TPSA) is 108 Å². The van der Waals surface area contributed by atoms with E-state index < -0.39 is 24.3 Å². The van der Waals surface area contributed by atoms with E-state index in [2.05, 4.69) is 148 Å². The van der Waals surface area contributed by atoms with Crippen LogP contribution in [-0.4, -0.2) is 87.4 Å². The third-order valence-electron chi connectivity index (χ3n) is 17.4. The smallest absolute Gasteiger partial charge is 0.361 e. The van der Waals surface area contributed by atoms with Crippen LogP contribution in [0.25, 0.3) is 0 Å². The molecule has 0 aromatic rings. The maximum Gasteiger partial charge on any atom is 0.361 e. The molecule has 0 spiro atoms. The van der Waals surface area contributed by atoms with Crippen LogP contribution in [0.15, 0.2) is 134 Å². The number of likely N-dealkylation sites (N-methyl/N-ethyl adjacent to an activating group) is 1. The second-order valence-corrected chi connectivity index (χ2v) is 28.0. The Morgan fingerprint density at radius 2 is 0.588 bits per heavy atom. The van der Waals surface area contributed by atoms with Gasteiger partial charge in [0.05, 0.1) is 34.4 Å². The van der Waals surface area contributed by atoms with Crippen molar-refractivity contribution in [3.8, 4) is 0 Å². The van der Waals surface area contributed by atoms with Gasteiger partial charge in [-0.25, -0.2) is 4.79 Å². The van der Waals surface area contributed by atoms with Crippen LogP contribution >= 0.6 is 0 Å². The molecular formula is C88H152NO8+. The van der Waals surface area contributed by atoms with Crippen LogP contribution in [0, 0.1) is 0 Å². The number of nitrogens with zero attached hydrogens (tertiary/aromatic N) is 1. The number of ether oxygens (including phenoxy) is 4. The fourth-order valence-corrected chi connectivity index (χ4v) is 11.3. The van der Waals surface area contributed by atoms with Crippen molar-refractivity contribution in [2.45, 2.75) is 360 Å². The van der Waals surface area contributed by atoms with E-state index in [-0.39, 0.29) is 32.2 Å². The molecule has 0 aliphatic rings. The van der Waals surface area contributed by atoms with Gasteiger partial charge in [-0.1, -0.05) is 353 Å². The summed E-state index contributed by atoms with van der Waals surface area (Å²) in [5.74, 6) is -2.04. The monoisotopic (exact) mass is 1350 g/mol. The number of unbranched alkanes of at least 4 members (excludes halogenated alkanes) is 37. The van der Waals surface area contributed by atoms with Gasteiger partial charge in [0.15, 0.2) is 6.10 Å². The molecule has 0 radical (unpaired) electrons. The van der Waals surface area contributed by atoms with Crippen molar-refractivity contribution >= 4 is 17.9 Å². The molecule has 0 heterocycles. The molecule has 556 valence electrons. The Balaban J connectivity index is 4.10. The second kappa shape index (κ2) is 77.2. The van der Waals surface area contributed by atoms with E-state index in [9.17, 15) is 19.5 Å². The largest absolute Gasteiger partial charge is 0.477 e. The molecule has 0 saturated carbocycles. The van der Waals surface area contributed by atoms with E-state index in [1.165, 1.54) is 205 Å². The number of hydrogen-bond acceptors (Lipinski definition) is 7. The first-order valence-corrected chi connectivity index (χ1v) is 40.3. The Kier molecular flexibility index (Phi) is 73.5. The lowest BCUT2D eigenvalue weighted by Gasteiger charge is -2.25. The maximum absolute atomic E-state index is 13.0. The predicted molar refractivity (Wildman–Crippen MR) is 419 cm³/mol. The molecule has 0 aromatic heterocycles. The van der Waals surface area contributed by atoms with Crippen LogP contribution in [0.2, 0.25) is 0 Å². The average molecular weight is 1350 g/mol. The molecule has 0 rings (SSSR count). The van der Waals surface area contributed by atoms with Crippen molar-refractivity contribution in [3.05, 3.63) is 134 Å². The lowest BCUT2D eigenvalue weighted by Crippen LogP contribution is -2.40. The first-order valence-electron chi connectivity index (χ1n) is 40.3. The van der Waals surface area contributed by atoms with Gasteiger partial charge in [0, 0.05) is 12.8 Å². The summed E-state index contributed by atoms with van der Waals surface area (Å²) in [5.41, 5.74) is 0. The summed E-state index contributed by atoms with van der Waals surface area (Å²) >= 11 is 0. The van der Waals surface area contributed by atoms with Gasteiger partial charge in [-0.3, -0.25) is 9.59 Å². The summed E-state index contributed by atoms with van der Waals surface area (Å²) in [6.45, 7) is 4.76. The summed E-state index contributed by atoms with van der Waals surface area (Å²) in [7, 11) is 5.97. The third-order valence-corrected chi connectivity index (χ3v) is 17.4. The molecule has 0 fully saturated rings. The summed E-state index contributed by atoms with van der Waals surface area (Å²) in [6, 6.07) is 0. The molecule has 0 aliphatic carbocycles. The molecule has 0 amide bonds. The van der Waals surface area contributed by atoms with Crippen LogP contribution < -0.4 is 0 Å². The average Bonchev–Trinajstić information content (AvgIpc) is 3.74. The molecule has 0 aliphatic heterocycles. The maximum atomic E-state index is 13.0. The zero-order chi connectivity index (χ0) is 70.4. The van der Waals surface area contributed by atoms with Crippen molar-refractivity contribution < 1.29 is 42.9 Å². The highest BCUT2D eigenvalue weighted by Crippen LogP contribution is 2.18. The van der Waals surface area contributed by atoms with Crippen molar-refractivity contribution in [2.24, 2.45) is 0 Å². The number of quaternary nitrogens is 1. The second-order valence-electron chi connectivity index (χ2n) is 28.0. The van der Waals surface area contributed by atoms with E-state index in [0.717, 1.165) is 109 Å². The lowest BCUT2D eigenvalue weighted by atomic mass is 10.0. The Morgan fingerprint density at radius 3 is 0.887 bits per heavy atom. The minimum absolute atomic E-state index is 0.177. The van der Waals surface area contributed by atoms with E-state index in [4.69, 9.17) is 18.9 Å². The highest BCUT2D eigenvalue weighted by molar-refractivity contribution is 5.71. The van der Waals surface area contributed by atoms with Crippen LogP contribution in [0.5, 0.6) is 0 Å². The molecule has 0 saturated heterocycles. The van der Waals surface area contributed by atoms with E-state index in [1.54, 1.807) is 0 Å². The minimum atomic E-state index is -1.53. The Morgan fingerprint density at radius 1 is 0.320 bits per heavy atom. The van der Waals surface area contributed by atoms with Gasteiger partial charge < -0.3 is 28.5 Å². The SMILES string of the molecule is CC/C=C\C/C=C\C/C=C\C/C=C\C/C=C\C/C=C\C/C=C\C/C=C\C/C=C\C/C=C\CCCCCCC(=O)OC(COC(=O)CCCCCCCCCCCCCCCCCCCCCCCCCCC/C=C\CCCCCCCCCC)COC(OCC[N+](C)(C)C)C(=O)O. The zero-order valence-corrected chi connectivity index (χ0v) is 63.7. The van der Waals surface area contributed by atoms with Gasteiger partial charge in [0.25, 0.3) is 6.29 Å². The quantitative estimate of drug-likeness (QED) is 0.0211. The Hall–Kier alpha value is -4.57. The van der Waals surface area contributed by atoms with Crippen molar-refractivity contribution in [1.82, 2.24) is 0 Å². The number of carboxylic acids is 1. The number of esters is 2. The van der Waals surface area contributed by atoms with Crippen molar-refractivity contribution in [2.75, 3.05) is 47.5 Å². The lowest BCUT2D eigenvalue weighted by molar-refractivity contribution is -0.870. The van der Waals surface area contributed by atoms with E-state index in [0.29, 0.717) is 23.9 Å². The molecule has 0 aromatic carbocycles. The Bertz CT molecular complexity index is 2060. The minimum Gasteiger partial charge on any atom is -0.477 e. The number of carbonyl (C=O) groups excluding carboxylic acids is 2. The number of allylic oxidation sites excluding steroid dienone is 22. The molecule has 97 heavy (non-hydrogen) atoms. The molecular weight excluding hydrogens is 1200 g/mol. The van der Waals surface area contributed by atoms with E-state index in [1.807, 2.05) is 21.1 Å². The Labute approximate surface area is 599 Å². The summed E-state index contributed by atoms with van der Waals surface area (Å²) in [4.78, 5) is 37.7. The highest BCUT2D eigenvalue weighted by atomic mass is 16.7.